The molecule has 8 heteroatoms. The van der Waals surface area contributed by atoms with Gasteiger partial charge in [-0.05, 0) is 92.1 Å². The summed E-state index contributed by atoms with van der Waals surface area (Å²) in [4.78, 5) is 6.90. The number of hydrogen-bond acceptors (Lipinski definition) is 2. The van der Waals surface area contributed by atoms with Gasteiger partial charge in [0.2, 0.25) is 0 Å². The molecule has 0 heterocycles. The van der Waals surface area contributed by atoms with Gasteiger partial charge in [-0.25, -0.2) is 37.8 Å². The molecule has 0 amide bonds. The highest BCUT2D eigenvalue weighted by Crippen LogP contribution is 2.60. The highest BCUT2D eigenvalue weighted by molar-refractivity contribution is 6.37. The predicted octanol–water partition coefficient (Wildman–Crippen LogP) is 8.82. The van der Waals surface area contributed by atoms with E-state index < -0.39 is 23.3 Å². The third-order valence-corrected chi connectivity index (χ3v) is 7.28. The molecule has 42 heavy (non-hydrogen) atoms. The van der Waals surface area contributed by atoms with Crippen LogP contribution in [0.3, 0.4) is 0 Å². The van der Waals surface area contributed by atoms with Crippen molar-refractivity contribution in [3.63, 3.8) is 0 Å². The summed E-state index contributed by atoms with van der Waals surface area (Å²) in [7, 11) is 0. The Labute approximate surface area is 237 Å². The van der Waals surface area contributed by atoms with Crippen molar-refractivity contribution in [3.8, 4) is 34.4 Å². The van der Waals surface area contributed by atoms with Crippen molar-refractivity contribution in [2.75, 3.05) is 0 Å². The van der Waals surface area contributed by atoms with Gasteiger partial charge in [-0.3, -0.25) is 0 Å². The van der Waals surface area contributed by atoms with Gasteiger partial charge in [0.25, 0.3) is 11.4 Å². The van der Waals surface area contributed by atoms with Crippen molar-refractivity contribution in [2.24, 2.45) is 0 Å². The van der Waals surface area contributed by atoms with Crippen molar-refractivity contribution in [1.82, 2.24) is 0 Å². The Balaban J connectivity index is 1.64. The Morgan fingerprint density at radius 1 is 0.500 bits per heavy atom. The van der Waals surface area contributed by atoms with Crippen molar-refractivity contribution in [1.29, 1.82) is 10.5 Å². The summed E-state index contributed by atoms with van der Waals surface area (Å²) in [6.07, 6.45) is 0. The summed E-state index contributed by atoms with van der Waals surface area (Å²) < 4.78 is 55.3. The number of nitriles is 2. The molecule has 4 nitrogen and oxygen atoms in total. The predicted molar refractivity (Wildman–Crippen MR) is 149 cm³/mol. The lowest BCUT2D eigenvalue weighted by atomic mass is 9.88. The van der Waals surface area contributed by atoms with E-state index in [2.05, 4.69) is 9.69 Å². The number of hydrogen-bond donors (Lipinski definition) is 0. The number of allylic oxidation sites excluding steroid dienone is 6. The first-order valence-electron chi connectivity index (χ1n) is 12.3. The molecular weight excluding hydrogens is 540 g/mol. The smallest absolute Gasteiger partial charge is 0.226 e. The third-order valence-electron chi connectivity index (χ3n) is 7.28. The molecule has 0 atom stereocenters. The second-order valence-electron chi connectivity index (χ2n) is 9.42. The van der Waals surface area contributed by atoms with Crippen molar-refractivity contribution in [3.05, 3.63) is 153 Å². The largest absolute Gasteiger partial charge is 0.270 e. The van der Waals surface area contributed by atoms with Gasteiger partial charge in [0.1, 0.15) is 0 Å². The minimum absolute atomic E-state index is 0.234. The van der Waals surface area contributed by atoms with Crippen LogP contribution in [0.25, 0.3) is 54.2 Å². The molecular formula is C34H12F4N4. The van der Waals surface area contributed by atoms with Gasteiger partial charge in [-0.2, -0.15) is 0 Å². The monoisotopic (exact) mass is 552 g/mol. The fourth-order valence-electron chi connectivity index (χ4n) is 5.47. The SMILES string of the molecule is [C-]#[N+]/C(C#N)=C1C2=C(/C(=C(\C#N)[N+]#[C-])c3cc(-c4ccc(F)c(F)c4)ccc32)c2ccc(-c3ccc(F)c(F)c3)cc2\1. The van der Waals surface area contributed by atoms with Gasteiger partial charge in [0, 0.05) is 11.1 Å². The first-order valence-corrected chi connectivity index (χ1v) is 12.3. The number of benzene rings is 4. The lowest BCUT2D eigenvalue weighted by molar-refractivity contribution is 0.509. The van der Waals surface area contributed by atoms with Crippen molar-refractivity contribution in [2.45, 2.75) is 0 Å². The first kappa shape index (κ1) is 26.0. The molecule has 0 spiro atoms. The number of nitrogens with zero attached hydrogens (tertiary/aromatic N) is 4. The van der Waals surface area contributed by atoms with Crippen molar-refractivity contribution >= 4 is 22.3 Å². The van der Waals surface area contributed by atoms with E-state index in [1.807, 2.05) is 12.1 Å². The minimum Gasteiger partial charge on any atom is -0.226 e. The molecule has 196 valence electrons. The zero-order valence-corrected chi connectivity index (χ0v) is 21.2. The summed E-state index contributed by atoms with van der Waals surface area (Å²) in [6, 6.07) is 20.8. The normalized spacial score (nSPS) is 15.0. The van der Waals surface area contributed by atoms with Gasteiger partial charge >= 0.3 is 0 Å². The number of fused-ring (bicyclic) bond motifs is 4. The Morgan fingerprint density at radius 2 is 0.857 bits per heavy atom. The third kappa shape index (κ3) is 3.80. The number of rotatable bonds is 2. The molecule has 0 aromatic heterocycles. The van der Waals surface area contributed by atoms with Crippen LogP contribution >= 0.6 is 0 Å². The molecule has 2 aliphatic carbocycles. The molecule has 2 aliphatic rings. The van der Waals surface area contributed by atoms with Crippen LogP contribution in [0, 0.1) is 59.1 Å². The highest BCUT2D eigenvalue weighted by Gasteiger charge is 2.39. The van der Waals surface area contributed by atoms with Crippen LogP contribution in [0.4, 0.5) is 17.6 Å². The first-order chi connectivity index (χ1) is 20.3. The van der Waals surface area contributed by atoms with Crippen LogP contribution in [0.1, 0.15) is 22.3 Å². The van der Waals surface area contributed by atoms with Gasteiger partial charge in [-0.15, -0.1) is 0 Å². The minimum atomic E-state index is -1.03. The second kappa shape index (κ2) is 9.76. The van der Waals surface area contributed by atoms with E-state index in [1.54, 1.807) is 36.4 Å². The topological polar surface area (TPSA) is 56.3 Å². The van der Waals surface area contributed by atoms with Gasteiger partial charge in [0.15, 0.2) is 23.3 Å². The Morgan fingerprint density at radius 3 is 1.19 bits per heavy atom. The maximum atomic E-state index is 14.0. The van der Waals surface area contributed by atoms with Gasteiger partial charge in [0.05, 0.1) is 25.3 Å². The summed E-state index contributed by atoms with van der Waals surface area (Å²) in [5, 5.41) is 19.9. The zero-order valence-electron chi connectivity index (χ0n) is 21.2. The van der Waals surface area contributed by atoms with Gasteiger partial charge in [-0.1, -0.05) is 36.4 Å². The molecule has 4 aromatic carbocycles. The van der Waals surface area contributed by atoms with Crippen molar-refractivity contribution < 1.29 is 17.6 Å². The fraction of sp³-hybridized carbons (Fsp3) is 0. The molecule has 6 rings (SSSR count). The standard InChI is InChI=1S/C34H12F4N4/c1-41-29(15-39)31-23-11-17(19-5-9-25(35)27(37)13-19)3-7-21(23)34-32(30(16-40)42-2)24-12-18(4-8-22(24)33(31)34)20-6-10-26(36)28(38)14-20/h3-14H/b31-29-,32-30+. The summed E-state index contributed by atoms with van der Waals surface area (Å²) in [6.45, 7) is 15.4. The molecule has 0 bridgehead atoms. The van der Waals surface area contributed by atoms with Crippen LogP contribution in [-0.4, -0.2) is 0 Å². The van der Waals surface area contributed by atoms with E-state index in [-0.39, 0.29) is 22.5 Å². The lowest BCUT2D eigenvalue weighted by Crippen LogP contribution is -1.96. The van der Waals surface area contributed by atoms with E-state index in [9.17, 15) is 28.1 Å². The molecule has 4 aromatic rings. The average Bonchev–Trinajstić information content (AvgIpc) is 3.50. The molecule has 0 N–H and O–H groups in total. The quantitative estimate of drug-likeness (QED) is 0.142. The summed E-state index contributed by atoms with van der Waals surface area (Å²) in [5.41, 5.74) is 4.78. The number of halogens is 4. The summed E-state index contributed by atoms with van der Waals surface area (Å²) in [5.74, 6) is -4.07. The van der Waals surface area contributed by atoms with Crippen LogP contribution in [0.5, 0.6) is 0 Å². The maximum absolute atomic E-state index is 14.0. The molecule has 0 unspecified atom stereocenters. The molecule has 0 fully saturated rings. The highest BCUT2D eigenvalue weighted by atomic mass is 19.2. The van der Waals surface area contributed by atoms with E-state index in [1.165, 1.54) is 12.1 Å². The van der Waals surface area contributed by atoms with E-state index in [4.69, 9.17) is 13.1 Å². The van der Waals surface area contributed by atoms with E-state index in [0.717, 1.165) is 24.3 Å². The molecule has 0 saturated carbocycles. The fourth-order valence-corrected chi connectivity index (χ4v) is 5.47. The zero-order chi connectivity index (χ0) is 29.7. The van der Waals surface area contributed by atoms with Crippen LogP contribution in [-0.2, 0) is 0 Å². The average molecular weight is 552 g/mol. The molecule has 0 aliphatic heterocycles. The summed E-state index contributed by atoms with van der Waals surface area (Å²) >= 11 is 0. The van der Waals surface area contributed by atoms with Gasteiger partial charge < -0.3 is 0 Å². The maximum Gasteiger partial charge on any atom is 0.270 e. The van der Waals surface area contributed by atoms with Crippen LogP contribution in [0.15, 0.2) is 84.2 Å². The Bertz CT molecular complexity index is 1990. The molecule has 0 saturated heterocycles. The van der Waals surface area contributed by atoms with Crippen LogP contribution in [0.2, 0.25) is 0 Å². The Hall–Kier alpha value is -6.22. The Kier molecular flexibility index (Phi) is 6.05. The second-order valence-corrected chi connectivity index (χ2v) is 9.42. The van der Waals surface area contributed by atoms with E-state index in [0.29, 0.717) is 55.7 Å². The van der Waals surface area contributed by atoms with E-state index >= 15 is 0 Å². The van der Waals surface area contributed by atoms with Crippen LogP contribution < -0.4 is 0 Å². The molecule has 0 radical (unpaired) electrons. The lowest BCUT2D eigenvalue weighted by Gasteiger charge is -2.15.